The molecule has 1 aromatic heterocycles. The Bertz CT molecular complexity index is 984. The van der Waals surface area contributed by atoms with Crippen molar-refractivity contribution >= 4 is 34.6 Å². The van der Waals surface area contributed by atoms with E-state index < -0.39 is 0 Å². The number of aromatic amines is 1. The summed E-state index contributed by atoms with van der Waals surface area (Å²) in [6.07, 6.45) is 2.37. The van der Waals surface area contributed by atoms with E-state index in [1.165, 1.54) is 0 Å². The predicted molar refractivity (Wildman–Crippen MR) is 115 cm³/mol. The minimum Gasteiger partial charge on any atom is -0.352 e. The number of H-pyrrole nitrogens is 1. The molecule has 0 atom stereocenters. The maximum Gasteiger partial charge on any atom is 0.251 e. The van der Waals surface area contributed by atoms with Gasteiger partial charge in [-0.3, -0.25) is 9.59 Å². The first-order valence-corrected chi connectivity index (χ1v) is 10.9. The van der Waals surface area contributed by atoms with Gasteiger partial charge >= 0.3 is 0 Å². The van der Waals surface area contributed by atoms with E-state index in [9.17, 15) is 9.59 Å². The number of carbonyl (C=O) groups is 2. The van der Waals surface area contributed by atoms with Crippen molar-refractivity contribution in [3.8, 4) is 0 Å². The molecule has 1 saturated heterocycles. The number of nitrogens with one attached hydrogen (secondary N) is 2. The lowest BCUT2D eigenvalue weighted by Gasteiger charge is -2.15. The van der Waals surface area contributed by atoms with Crippen LogP contribution in [0.15, 0.2) is 53.7 Å². The van der Waals surface area contributed by atoms with Gasteiger partial charge in [-0.1, -0.05) is 42.1 Å². The molecule has 3 aromatic rings. The van der Waals surface area contributed by atoms with Crippen LogP contribution in [0.25, 0.3) is 11.0 Å². The number of carbonyl (C=O) groups excluding carboxylic acids is 2. The monoisotopic (exact) mass is 408 g/mol. The van der Waals surface area contributed by atoms with E-state index in [0.29, 0.717) is 30.8 Å². The van der Waals surface area contributed by atoms with Gasteiger partial charge in [0.05, 0.1) is 11.0 Å². The van der Waals surface area contributed by atoms with Crippen LogP contribution in [0.4, 0.5) is 0 Å². The molecule has 150 valence electrons. The topological polar surface area (TPSA) is 78.1 Å². The van der Waals surface area contributed by atoms with Crippen molar-refractivity contribution in [3.05, 3.63) is 59.7 Å². The van der Waals surface area contributed by atoms with Gasteiger partial charge in [-0.15, -0.1) is 0 Å². The molecule has 2 N–H and O–H groups in total. The van der Waals surface area contributed by atoms with Crippen molar-refractivity contribution in [3.63, 3.8) is 0 Å². The molecule has 7 heteroatoms. The molecule has 1 aliphatic rings. The number of benzene rings is 2. The third kappa shape index (κ3) is 4.79. The highest BCUT2D eigenvalue weighted by Gasteiger charge is 2.19. The van der Waals surface area contributed by atoms with Crippen molar-refractivity contribution in [1.82, 2.24) is 20.2 Å². The molecule has 29 heavy (non-hydrogen) atoms. The lowest BCUT2D eigenvalue weighted by molar-refractivity contribution is -0.127. The maximum absolute atomic E-state index is 12.7. The molecule has 1 aliphatic heterocycles. The molecule has 6 nitrogen and oxygen atoms in total. The van der Waals surface area contributed by atoms with Crippen LogP contribution in [0.5, 0.6) is 0 Å². The summed E-state index contributed by atoms with van der Waals surface area (Å²) in [6, 6.07) is 15.6. The van der Waals surface area contributed by atoms with Gasteiger partial charge in [0.1, 0.15) is 0 Å². The quantitative estimate of drug-likeness (QED) is 0.441. The van der Waals surface area contributed by atoms with Gasteiger partial charge in [0.2, 0.25) is 5.91 Å². The number of hydrogen-bond acceptors (Lipinski definition) is 4. The van der Waals surface area contributed by atoms with Crippen LogP contribution in [0, 0.1) is 0 Å². The fraction of sp³-hybridized carbons (Fsp3) is 0.318. The summed E-state index contributed by atoms with van der Waals surface area (Å²) in [6.45, 7) is 2.12. The molecule has 4 rings (SSSR count). The van der Waals surface area contributed by atoms with Crippen LogP contribution in [0.3, 0.4) is 0 Å². The highest BCUT2D eigenvalue weighted by Crippen LogP contribution is 2.24. The minimum atomic E-state index is -0.0708. The van der Waals surface area contributed by atoms with Gasteiger partial charge in [0.15, 0.2) is 5.16 Å². The zero-order valence-corrected chi connectivity index (χ0v) is 17.0. The number of imidazole rings is 1. The van der Waals surface area contributed by atoms with E-state index in [1.54, 1.807) is 11.8 Å². The average molecular weight is 409 g/mol. The smallest absolute Gasteiger partial charge is 0.251 e. The lowest BCUT2D eigenvalue weighted by Crippen LogP contribution is -2.31. The molecule has 2 amide bonds. The number of thioether (sulfide) groups is 1. The minimum absolute atomic E-state index is 0.0708. The molecule has 2 aromatic carbocycles. The number of para-hydroxylation sites is 2. The number of nitrogens with zero attached hydrogens (tertiary/aromatic N) is 2. The lowest BCUT2D eigenvalue weighted by atomic mass is 10.1. The Hall–Kier alpha value is -2.80. The zero-order chi connectivity index (χ0) is 20.1. The van der Waals surface area contributed by atoms with Crippen molar-refractivity contribution in [2.45, 2.75) is 30.2 Å². The maximum atomic E-state index is 12.7. The van der Waals surface area contributed by atoms with Crippen LogP contribution >= 0.6 is 11.8 Å². The highest BCUT2D eigenvalue weighted by atomic mass is 32.2. The summed E-state index contributed by atoms with van der Waals surface area (Å²) >= 11 is 1.59. The van der Waals surface area contributed by atoms with E-state index in [-0.39, 0.29) is 11.8 Å². The van der Waals surface area contributed by atoms with Crippen molar-refractivity contribution in [2.24, 2.45) is 0 Å². The van der Waals surface area contributed by atoms with Gasteiger partial charge in [-0.05, 0) is 36.6 Å². The third-order valence-electron chi connectivity index (χ3n) is 5.06. The SMILES string of the molecule is O=C(NCCCN1CCCC1=O)c1ccccc1CSc1nc2ccccc2[nH]1. The van der Waals surface area contributed by atoms with Crippen LogP contribution in [0.1, 0.15) is 35.2 Å². The molecule has 0 aliphatic carbocycles. The molecule has 0 bridgehead atoms. The van der Waals surface area contributed by atoms with E-state index in [2.05, 4.69) is 15.3 Å². The summed E-state index contributed by atoms with van der Waals surface area (Å²) in [4.78, 5) is 34.1. The van der Waals surface area contributed by atoms with Gasteiger partial charge in [0, 0.05) is 37.4 Å². The van der Waals surface area contributed by atoms with Gasteiger partial charge in [-0.2, -0.15) is 0 Å². The van der Waals surface area contributed by atoms with Crippen LogP contribution in [0.2, 0.25) is 0 Å². The Morgan fingerprint density at radius 1 is 1.17 bits per heavy atom. The zero-order valence-electron chi connectivity index (χ0n) is 16.2. The second-order valence-electron chi connectivity index (χ2n) is 7.10. The van der Waals surface area contributed by atoms with Crippen LogP contribution in [-0.4, -0.2) is 46.3 Å². The largest absolute Gasteiger partial charge is 0.352 e. The predicted octanol–water partition coefficient (Wildman–Crippen LogP) is 3.60. The molecule has 0 saturated carbocycles. The molecule has 2 heterocycles. The number of aromatic nitrogens is 2. The Morgan fingerprint density at radius 2 is 2.00 bits per heavy atom. The first-order valence-electron chi connectivity index (χ1n) is 9.92. The molecular formula is C22H24N4O2S. The second kappa shape index (κ2) is 9.13. The van der Waals surface area contributed by atoms with E-state index in [0.717, 1.165) is 41.1 Å². The van der Waals surface area contributed by atoms with Gasteiger partial charge in [-0.25, -0.2) is 4.98 Å². The van der Waals surface area contributed by atoms with Gasteiger partial charge in [0.25, 0.3) is 5.91 Å². The fourth-order valence-electron chi connectivity index (χ4n) is 3.52. The summed E-state index contributed by atoms with van der Waals surface area (Å²) < 4.78 is 0. The number of fused-ring (bicyclic) bond motifs is 1. The number of hydrogen-bond donors (Lipinski definition) is 2. The molecule has 0 radical (unpaired) electrons. The highest BCUT2D eigenvalue weighted by molar-refractivity contribution is 7.98. The molecule has 0 unspecified atom stereocenters. The Balaban J connectivity index is 1.32. The van der Waals surface area contributed by atoms with Gasteiger partial charge < -0.3 is 15.2 Å². The Kier molecular flexibility index (Phi) is 6.14. The summed E-state index contributed by atoms with van der Waals surface area (Å²) in [7, 11) is 0. The molecule has 1 fully saturated rings. The van der Waals surface area contributed by atoms with Crippen molar-refractivity contribution in [1.29, 1.82) is 0 Å². The summed E-state index contributed by atoms with van der Waals surface area (Å²) in [5.74, 6) is 0.814. The molecule has 0 spiro atoms. The summed E-state index contributed by atoms with van der Waals surface area (Å²) in [5.41, 5.74) is 3.62. The first-order chi connectivity index (χ1) is 14.2. The Labute approximate surface area is 174 Å². The van der Waals surface area contributed by atoms with E-state index in [1.807, 2.05) is 53.4 Å². The van der Waals surface area contributed by atoms with Crippen LogP contribution in [-0.2, 0) is 10.5 Å². The Morgan fingerprint density at radius 3 is 2.83 bits per heavy atom. The van der Waals surface area contributed by atoms with Crippen LogP contribution < -0.4 is 5.32 Å². The van der Waals surface area contributed by atoms with E-state index >= 15 is 0 Å². The average Bonchev–Trinajstić information content (AvgIpc) is 3.35. The second-order valence-corrected chi connectivity index (χ2v) is 8.06. The number of rotatable bonds is 8. The summed E-state index contributed by atoms with van der Waals surface area (Å²) in [5, 5.41) is 3.83. The number of amides is 2. The number of likely N-dealkylation sites (tertiary alicyclic amines) is 1. The van der Waals surface area contributed by atoms with E-state index in [4.69, 9.17) is 0 Å². The van der Waals surface area contributed by atoms with Crippen molar-refractivity contribution in [2.75, 3.05) is 19.6 Å². The third-order valence-corrected chi connectivity index (χ3v) is 5.98. The fourth-order valence-corrected chi connectivity index (χ4v) is 4.41. The van der Waals surface area contributed by atoms with Crippen molar-refractivity contribution < 1.29 is 9.59 Å². The normalized spacial score (nSPS) is 13.9. The first kappa shape index (κ1) is 19.5. The standard InChI is InChI=1S/C22H24N4O2S/c27-20-11-5-13-26(20)14-6-12-23-21(28)17-8-2-1-7-16(17)15-29-22-24-18-9-3-4-10-19(18)25-22/h1-4,7-10H,5-6,11-15H2,(H,23,28)(H,24,25). The molecular weight excluding hydrogens is 384 g/mol.